The fourth-order valence-electron chi connectivity index (χ4n) is 0.953. The van der Waals surface area contributed by atoms with Crippen molar-refractivity contribution in [3.63, 3.8) is 0 Å². The summed E-state index contributed by atoms with van der Waals surface area (Å²) in [6.45, 7) is 0. The van der Waals surface area contributed by atoms with E-state index in [1.807, 2.05) is 6.07 Å². The van der Waals surface area contributed by atoms with Gasteiger partial charge in [-0.25, -0.2) is 4.98 Å². The van der Waals surface area contributed by atoms with Crippen LogP contribution in [0.15, 0.2) is 24.7 Å². The molecule has 0 bridgehead atoms. The van der Waals surface area contributed by atoms with E-state index in [0.717, 1.165) is 0 Å². The molecule has 68 valence electrons. The quantitative estimate of drug-likeness (QED) is 0.701. The van der Waals surface area contributed by atoms with E-state index in [0.29, 0.717) is 16.7 Å². The fraction of sp³-hybridized carbons (Fsp3) is 0. The Morgan fingerprint density at radius 1 is 1.36 bits per heavy atom. The SMILES string of the molecule is N#Cc1cn(-c2ccc(Cl)nn2)cn1. The normalized spacial score (nSPS) is 9.71. The second-order valence-corrected chi connectivity index (χ2v) is 2.88. The molecule has 6 heteroatoms. The van der Waals surface area contributed by atoms with Gasteiger partial charge in [0.1, 0.15) is 12.4 Å². The summed E-state index contributed by atoms with van der Waals surface area (Å²) in [5, 5.41) is 16.4. The summed E-state index contributed by atoms with van der Waals surface area (Å²) >= 11 is 5.58. The van der Waals surface area contributed by atoms with Crippen LogP contribution in [-0.2, 0) is 0 Å². The Morgan fingerprint density at radius 3 is 2.79 bits per heavy atom. The Kier molecular flexibility index (Phi) is 2.13. The van der Waals surface area contributed by atoms with Crippen molar-refractivity contribution >= 4 is 11.6 Å². The Morgan fingerprint density at radius 2 is 2.21 bits per heavy atom. The van der Waals surface area contributed by atoms with Crippen LogP contribution in [0.1, 0.15) is 5.69 Å². The Balaban J connectivity index is 2.40. The third-order valence-corrected chi connectivity index (χ3v) is 1.78. The van der Waals surface area contributed by atoms with Crippen molar-refractivity contribution in [3.8, 4) is 11.9 Å². The highest BCUT2D eigenvalue weighted by molar-refractivity contribution is 6.29. The van der Waals surface area contributed by atoms with Gasteiger partial charge in [0.2, 0.25) is 0 Å². The first-order chi connectivity index (χ1) is 6.79. The molecule has 0 unspecified atom stereocenters. The van der Waals surface area contributed by atoms with Gasteiger partial charge in [0.05, 0.1) is 0 Å². The van der Waals surface area contributed by atoms with E-state index in [4.69, 9.17) is 16.9 Å². The molecule has 0 N–H and O–H groups in total. The minimum Gasteiger partial charge on any atom is -0.288 e. The molecule has 2 rings (SSSR count). The zero-order valence-corrected chi connectivity index (χ0v) is 7.68. The van der Waals surface area contributed by atoms with Crippen LogP contribution >= 0.6 is 11.6 Å². The van der Waals surface area contributed by atoms with Crippen molar-refractivity contribution in [1.82, 2.24) is 19.7 Å². The zero-order chi connectivity index (χ0) is 9.97. The van der Waals surface area contributed by atoms with Crippen LogP contribution in [-0.4, -0.2) is 19.7 Å². The maximum atomic E-state index is 8.56. The monoisotopic (exact) mass is 205 g/mol. The maximum Gasteiger partial charge on any atom is 0.160 e. The molecule has 0 radical (unpaired) electrons. The third-order valence-electron chi connectivity index (χ3n) is 1.58. The number of rotatable bonds is 1. The molecule has 0 saturated heterocycles. The standard InChI is InChI=1S/C8H4ClN5/c9-7-1-2-8(13-12-7)14-4-6(3-10)11-5-14/h1-2,4-5H. The molecule has 0 spiro atoms. The van der Waals surface area contributed by atoms with Crippen molar-refractivity contribution in [2.45, 2.75) is 0 Å². The Labute approximate surface area is 84.6 Å². The molecule has 0 aliphatic rings. The van der Waals surface area contributed by atoms with E-state index < -0.39 is 0 Å². The van der Waals surface area contributed by atoms with Crippen LogP contribution in [0.25, 0.3) is 5.82 Å². The number of hydrogen-bond acceptors (Lipinski definition) is 4. The first-order valence-corrected chi connectivity index (χ1v) is 4.11. The fourth-order valence-corrected chi connectivity index (χ4v) is 1.05. The van der Waals surface area contributed by atoms with E-state index in [-0.39, 0.29) is 0 Å². The highest BCUT2D eigenvalue weighted by Crippen LogP contribution is 2.07. The lowest BCUT2D eigenvalue weighted by Gasteiger charge is -1.97. The highest BCUT2D eigenvalue weighted by atomic mass is 35.5. The molecule has 0 amide bonds. The predicted octanol–water partition coefficient (Wildman–Crippen LogP) is 1.19. The van der Waals surface area contributed by atoms with Gasteiger partial charge < -0.3 is 0 Å². The maximum absolute atomic E-state index is 8.56. The molecule has 0 aromatic carbocycles. The van der Waals surface area contributed by atoms with E-state index in [1.54, 1.807) is 22.9 Å². The Hall–Kier alpha value is -1.93. The van der Waals surface area contributed by atoms with Gasteiger partial charge >= 0.3 is 0 Å². The molecule has 0 fully saturated rings. The first-order valence-electron chi connectivity index (χ1n) is 3.73. The minimum atomic E-state index is 0.328. The summed E-state index contributed by atoms with van der Waals surface area (Å²) in [5.41, 5.74) is 0.335. The number of nitriles is 1. The number of halogens is 1. The lowest BCUT2D eigenvalue weighted by atomic mass is 10.5. The van der Waals surface area contributed by atoms with Crippen LogP contribution in [0, 0.1) is 11.3 Å². The van der Waals surface area contributed by atoms with Crippen molar-refractivity contribution in [1.29, 1.82) is 5.26 Å². The van der Waals surface area contributed by atoms with Gasteiger partial charge in [-0.2, -0.15) is 5.26 Å². The summed E-state index contributed by atoms with van der Waals surface area (Å²) in [7, 11) is 0. The number of nitrogens with zero attached hydrogens (tertiary/aromatic N) is 5. The van der Waals surface area contributed by atoms with Crippen LogP contribution in [0.5, 0.6) is 0 Å². The number of aromatic nitrogens is 4. The van der Waals surface area contributed by atoms with Crippen LogP contribution in [0.2, 0.25) is 5.15 Å². The predicted molar refractivity (Wildman–Crippen MR) is 48.9 cm³/mol. The minimum absolute atomic E-state index is 0.328. The van der Waals surface area contributed by atoms with Crippen LogP contribution in [0.3, 0.4) is 0 Å². The van der Waals surface area contributed by atoms with Gasteiger partial charge in [-0.1, -0.05) is 11.6 Å². The van der Waals surface area contributed by atoms with Gasteiger partial charge in [0, 0.05) is 6.20 Å². The molecular formula is C8H4ClN5. The lowest BCUT2D eigenvalue weighted by molar-refractivity contribution is 0.912. The molecule has 0 aliphatic heterocycles. The van der Waals surface area contributed by atoms with Gasteiger partial charge in [-0.15, -0.1) is 10.2 Å². The van der Waals surface area contributed by atoms with Crippen molar-refractivity contribution in [2.24, 2.45) is 0 Å². The van der Waals surface area contributed by atoms with Crippen molar-refractivity contribution in [2.75, 3.05) is 0 Å². The van der Waals surface area contributed by atoms with Gasteiger partial charge in [0.15, 0.2) is 16.7 Å². The Bertz CT molecular complexity index is 481. The van der Waals surface area contributed by atoms with Gasteiger partial charge in [0.25, 0.3) is 0 Å². The highest BCUT2D eigenvalue weighted by Gasteiger charge is 2.01. The van der Waals surface area contributed by atoms with Crippen LogP contribution < -0.4 is 0 Å². The molecule has 0 aliphatic carbocycles. The molecule has 0 atom stereocenters. The third kappa shape index (κ3) is 1.56. The summed E-state index contributed by atoms with van der Waals surface area (Å²) in [5.74, 6) is 0.573. The van der Waals surface area contributed by atoms with Crippen molar-refractivity contribution < 1.29 is 0 Å². The van der Waals surface area contributed by atoms with Gasteiger partial charge in [-0.3, -0.25) is 4.57 Å². The van der Waals surface area contributed by atoms with E-state index in [2.05, 4.69) is 15.2 Å². The molecule has 5 nitrogen and oxygen atoms in total. The summed E-state index contributed by atoms with van der Waals surface area (Å²) in [6, 6.07) is 5.24. The molecule has 2 aromatic heterocycles. The average molecular weight is 206 g/mol. The summed E-state index contributed by atoms with van der Waals surface area (Å²) < 4.78 is 1.60. The van der Waals surface area contributed by atoms with E-state index in [1.165, 1.54) is 6.33 Å². The summed E-state index contributed by atoms with van der Waals surface area (Å²) in [6.07, 6.45) is 3.06. The zero-order valence-electron chi connectivity index (χ0n) is 6.92. The average Bonchev–Trinajstić information content (AvgIpc) is 2.67. The largest absolute Gasteiger partial charge is 0.288 e. The lowest BCUT2D eigenvalue weighted by Crippen LogP contribution is -1.95. The smallest absolute Gasteiger partial charge is 0.160 e. The molecular weight excluding hydrogens is 202 g/mol. The topological polar surface area (TPSA) is 67.4 Å². The second kappa shape index (κ2) is 3.44. The van der Waals surface area contributed by atoms with Gasteiger partial charge in [-0.05, 0) is 12.1 Å². The molecule has 14 heavy (non-hydrogen) atoms. The summed E-state index contributed by atoms with van der Waals surface area (Å²) in [4.78, 5) is 3.83. The van der Waals surface area contributed by atoms with Crippen LogP contribution in [0.4, 0.5) is 0 Å². The number of imidazole rings is 1. The first kappa shape index (κ1) is 8.66. The van der Waals surface area contributed by atoms with Crippen molar-refractivity contribution in [3.05, 3.63) is 35.5 Å². The molecule has 2 aromatic rings. The second-order valence-electron chi connectivity index (χ2n) is 2.49. The number of hydrogen-bond donors (Lipinski definition) is 0. The molecule has 2 heterocycles. The van der Waals surface area contributed by atoms with E-state index >= 15 is 0 Å². The molecule has 0 saturated carbocycles. The van der Waals surface area contributed by atoms with E-state index in [9.17, 15) is 0 Å².